The van der Waals surface area contributed by atoms with E-state index in [-0.39, 0.29) is 25.7 Å². The van der Waals surface area contributed by atoms with E-state index < -0.39 is 97.5 Å². The fourth-order valence-electron chi connectivity index (χ4n) is 8.83. The average Bonchev–Trinajstić information content (AvgIpc) is 3.41. The van der Waals surface area contributed by atoms with Crippen LogP contribution >= 0.6 is 15.6 Å². The number of ether oxygens (including phenoxy) is 4. The van der Waals surface area contributed by atoms with Crippen molar-refractivity contribution in [3.8, 4) is 0 Å². The fourth-order valence-corrected chi connectivity index (χ4v) is 10.4. The van der Waals surface area contributed by atoms with Crippen LogP contribution in [0, 0.1) is 23.7 Å². The second-order valence-corrected chi connectivity index (χ2v) is 26.4. The Balaban J connectivity index is 5.26. The number of phosphoric acid groups is 2. The Bertz CT molecular complexity index is 1500. The number of hydrogen-bond acceptors (Lipinski definition) is 15. The summed E-state index contributed by atoms with van der Waals surface area (Å²) >= 11 is 0. The molecule has 0 aliphatic carbocycles. The van der Waals surface area contributed by atoms with Crippen molar-refractivity contribution in [2.75, 3.05) is 39.6 Å². The molecule has 17 nitrogen and oxygen atoms in total. The second-order valence-electron chi connectivity index (χ2n) is 23.5. The Hall–Kier alpha value is -1.94. The van der Waals surface area contributed by atoms with Crippen LogP contribution in [0.1, 0.15) is 287 Å². The second kappa shape index (κ2) is 51.5. The molecule has 474 valence electrons. The SMILES string of the molecule is CCC(C)CCCCCCCCC(=O)O[C@H](COC(=O)CCCCCCCCCC(C)C)COP(=O)(O)OCC(O)COP(=O)(O)OC[C@@H](COC(=O)CCCCCCCCCC(C)C)OC(=O)CCCCCCCCC(C)CC. The predicted molar refractivity (Wildman–Crippen MR) is 317 cm³/mol. The molecule has 80 heavy (non-hydrogen) atoms. The average molecular weight is 1190 g/mol. The van der Waals surface area contributed by atoms with Gasteiger partial charge in [-0.25, -0.2) is 9.13 Å². The van der Waals surface area contributed by atoms with Crippen molar-refractivity contribution in [1.29, 1.82) is 0 Å². The summed E-state index contributed by atoms with van der Waals surface area (Å²) < 4.78 is 67.8. The molecule has 19 heteroatoms. The van der Waals surface area contributed by atoms with E-state index in [4.69, 9.17) is 37.0 Å². The molecule has 6 atom stereocenters. The Labute approximate surface area is 486 Å². The zero-order valence-corrected chi connectivity index (χ0v) is 53.5. The molecule has 0 spiro atoms. The molecule has 0 aliphatic heterocycles. The molecule has 0 rings (SSSR count). The van der Waals surface area contributed by atoms with E-state index in [1.54, 1.807) is 0 Å². The van der Waals surface area contributed by atoms with Crippen LogP contribution in [0.3, 0.4) is 0 Å². The third-order valence-electron chi connectivity index (χ3n) is 14.5. The van der Waals surface area contributed by atoms with Gasteiger partial charge in [-0.2, -0.15) is 0 Å². The monoisotopic (exact) mass is 1180 g/mol. The van der Waals surface area contributed by atoms with Crippen LogP contribution in [0.25, 0.3) is 0 Å². The van der Waals surface area contributed by atoms with E-state index in [2.05, 4.69) is 55.4 Å². The smallest absolute Gasteiger partial charge is 0.462 e. The van der Waals surface area contributed by atoms with Gasteiger partial charge in [-0.15, -0.1) is 0 Å². The topological polar surface area (TPSA) is 237 Å². The highest BCUT2D eigenvalue weighted by atomic mass is 31.2. The molecule has 0 saturated heterocycles. The minimum Gasteiger partial charge on any atom is -0.462 e. The van der Waals surface area contributed by atoms with Gasteiger partial charge in [0.15, 0.2) is 12.2 Å². The van der Waals surface area contributed by atoms with E-state index in [0.29, 0.717) is 37.5 Å². The van der Waals surface area contributed by atoms with Crippen LogP contribution in [0.5, 0.6) is 0 Å². The van der Waals surface area contributed by atoms with Gasteiger partial charge in [0.25, 0.3) is 0 Å². The molecule has 0 fully saturated rings. The lowest BCUT2D eigenvalue weighted by atomic mass is 10.00. The summed E-state index contributed by atoms with van der Waals surface area (Å²) in [5.41, 5.74) is 0. The van der Waals surface area contributed by atoms with E-state index in [1.165, 1.54) is 77.0 Å². The summed E-state index contributed by atoms with van der Waals surface area (Å²) in [6, 6.07) is 0. The summed E-state index contributed by atoms with van der Waals surface area (Å²) in [6.07, 6.45) is 29.6. The van der Waals surface area contributed by atoms with Gasteiger partial charge in [-0.1, -0.05) is 235 Å². The van der Waals surface area contributed by atoms with Crippen molar-refractivity contribution in [3.63, 3.8) is 0 Å². The summed E-state index contributed by atoms with van der Waals surface area (Å²) in [5.74, 6) is 0.701. The molecule has 3 N–H and O–H groups in total. The molecule has 0 amide bonds. The Morgan fingerprint density at radius 3 is 0.887 bits per heavy atom. The summed E-state index contributed by atoms with van der Waals surface area (Å²) in [5, 5.41) is 10.5. The predicted octanol–water partition coefficient (Wildman–Crippen LogP) is 16.2. The molecule has 0 aromatic rings. The Morgan fingerprint density at radius 1 is 0.350 bits per heavy atom. The number of aliphatic hydroxyl groups is 1. The largest absolute Gasteiger partial charge is 0.472 e. The molecule has 4 unspecified atom stereocenters. The van der Waals surface area contributed by atoms with Crippen LogP contribution in [0.4, 0.5) is 0 Å². The van der Waals surface area contributed by atoms with Gasteiger partial charge in [-0.3, -0.25) is 37.3 Å². The summed E-state index contributed by atoms with van der Waals surface area (Å²) in [7, 11) is -9.88. The lowest BCUT2D eigenvalue weighted by molar-refractivity contribution is -0.161. The van der Waals surface area contributed by atoms with Gasteiger partial charge >= 0.3 is 39.5 Å². The van der Waals surface area contributed by atoms with Crippen molar-refractivity contribution in [3.05, 3.63) is 0 Å². The minimum absolute atomic E-state index is 0.101. The molecular weight excluding hydrogens is 1070 g/mol. The molecule has 0 aromatic heterocycles. The van der Waals surface area contributed by atoms with E-state index in [0.717, 1.165) is 115 Å². The molecular formula is C61H118O17P2. The highest BCUT2D eigenvalue weighted by Crippen LogP contribution is 2.45. The minimum atomic E-state index is -4.94. The van der Waals surface area contributed by atoms with Gasteiger partial charge < -0.3 is 33.8 Å². The highest BCUT2D eigenvalue weighted by Gasteiger charge is 2.30. The Morgan fingerprint density at radius 2 is 0.600 bits per heavy atom. The third-order valence-corrected chi connectivity index (χ3v) is 16.4. The molecule has 0 saturated carbocycles. The standard InChI is InChI=1S/C61H118O17P2/c1-9-53(7)39-31-23-17-19-27-35-43-60(65)77-56(47-71-58(63)41-33-25-15-11-13-21-29-37-51(3)4)49-75-79(67,68)73-45-55(62)46-74-80(69,70)76-50-57(78-61(66)44-36-28-20-18-24-32-40-54(8)10-2)48-72-59(64)42-34-26-16-12-14-22-30-38-52(5)6/h51-57,62H,9-50H2,1-8H3,(H,67,68)(H,69,70)/t53?,54?,55?,56-,57-/m1/s1. The van der Waals surface area contributed by atoms with Gasteiger partial charge in [0.2, 0.25) is 0 Å². The number of rotatable bonds is 58. The van der Waals surface area contributed by atoms with Crippen LogP contribution < -0.4 is 0 Å². The molecule has 0 radical (unpaired) electrons. The van der Waals surface area contributed by atoms with E-state index in [9.17, 15) is 43.2 Å². The first-order chi connectivity index (χ1) is 38.2. The number of unbranched alkanes of at least 4 members (excludes halogenated alkanes) is 22. The number of hydrogen-bond donors (Lipinski definition) is 3. The third kappa shape index (κ3) is 52.8. The Kier molecular flexibility index (Phi) is 50.2. The first kappa shape index (κ1) is 78.1. The lowest BCUT2D eigenvalue weighted by Crippen LogP contribution is -2.30. The van der Waals surface area contributed by atoms with Gasteiger partial charge in [0.1, 0.15) is 19.3 Å². The molecule has 0 heterocycles. The molecule has 0 bridgehead atoms. The van der Waals surface area contributed by atoms with Crippen LogP contribution in [-0.4, -0.2) is 96.7 Å². The number of aliphatic hydroxyl groups excluding tert-OH is 1. The number of phosphoric ester groups is 2. The molecule has 0 aliphatic rings. The normalized spacial score (nSPS) is 15.2. The summed E-state index contributed by atoms with van der Waals surface area (Å²) in [6.45, 7) is 13.9. The number of esters is 4. The highest BCUT2D eigenvalue weighted by molar-refractivity contribution is 7.47. The van der Waals surface area contributed by atoms with Crippen molar-refractivity contribution in [2.45, 2.75) is 305 Å². The quantitative estimate of drug-likeness (QED) is 0.0222. The maximum absolute atomic E-state index is 12.9. The molecule has 0 aromatic carbocycles. The van der Waals surface area contributed by atoms with Crippen LogP contribution in [-0.2, 0) is 65.4 Å². The van der Waals surface area contributed by atoms with Crippen LogP contribution in [0.2, 0.25) is 0 Å². The van der Waals surface area contributed by atoms with Crippen molar-refractivity contribution in [2.24, 2.45) is 23.7 Å². The maximum atomic E-state index is 12.9. The number of carbonyl (C=O) groups excluding carboxylic acids is 4. The van der Waals surface area contributed by atoms with Crippen molar-refractivity contribution >= 4 is 39.5 Å². The maximum Gasteiger partial charge on any atom is 0.472 e. The fraction of sp³-hybridized carbons (Fsp3) is 0.934. The number of carbonyl (C=O) groups is 4. The first-order valence-corrected chi connectivity index (χ1v) is 34.8. The van der Waals surface area contributed by atoms with Gasteiger partial charge in [-0.05, 0) is 49.4 Å². The van der Waals surface area contributed by atoms with Crippen LogP contribution in [0.15, 0.2) is 0 Å². The lowest BCUT2D eigenvalue weighted by Gasteiger charge is -2.21. The van der Waals surface area contributed by atoms with Crippen molar-refractivity contribution in [1.82, 2.24) is 0 Å². The zero-order chi connectivity index (χ0) is 59.7. The van der Waals surface area contributed by atoms with Gasteiger partial charge in [0, 0.05) is 25.7 Å². The zero-order valence-electron chi connectivity index (χ0n) is 51.7. The van der Waals surface area contributed by atoms with Crippen molar-refractivity contribution < 1.29 is 80.2 Å². The first-order valence-electron chi connectivity index (χ1n) is 31.8. The van der Waals surface area contributed by atoms with E-state index in [1.807, 2.05) is 0 Å². The summed E-state index contributed by atoms with van der Waals surface area (Å²) in [4.78, 5) is 72.0. The van der Waals surface area contributed by atoms with E-state index >= 15 is 0 Å². The van der Waals surface area contributed by atoms with Gasteiger partial charge in [0.05, 0.1) is 26.4 Å².